The summed E-state index contributed by atoms with van der Waals surface area (Å²) in [5.41, 5.74) is 5.18. The normalized spacial score (nSPS) is 41.2. The molecule has 4 bridgehead atoms. The van der Waals surface area contributed by atoms with Crippen LogP contribution in [0.2, 0.25) is 0 Å². The van der Waals surface area contributed by atoms with Crippen LogP contribution in [0.25, 0.3) is 0 Å². The summed E-state index contributed by atoms with van der Waals surface area (Å²) in [6.07, 6.45) is 5.78. The molecule has 4 saturated carbocycles. The molecule has 0 radical (unpaired) electrons. The Bertz CT molecular complexity index is 398. The van der Waals surface area contributed by atoms with Crippen molar-refractivity contribution in [2.45, 2.75) is 57.6 Å². The first-order valence-corrected chi connectivity index (χ1v) is 7.59. The number of nitrogens with two attached hydrogens (primary N) is 1. The van der Waals surface area contributed by atoms with Gasteiger partial charge in [0.15, 0.2) is 0 Å². The second-order valence-corrected chi connectivity index (χ2v) is 7.17. The summed E-state index contributed by atoms with van der Waals surface area (Å²) in [6, 6.07) is -1.15. The molecule has 0 aromatic rings. The van der Waals surface area contributed by atoms with E-state index in [-0.39, 0.29) is 11.4 Å². The van der Waals surface area contributed by atoms with E-state index < -0.39 is 18.1 Å². The molecule has 4 fully saturated rings. The molecule has 5 nitrogen and oxygen atoms in total. The van der Waals surface area contributed by atoms with Gasteiger partial charge in [-0.25, -0.2) is 0 Å². The van der Waals surface area contributed by atoms with E-state index in [2.05, 4.69) is 0 Å². The second-order valence-electron chi connectivity index (χ2n) is 7.17. The molecule has 0 aromatic heterocycles. The van der Waals surface area contributed by atoms with E-state index in [1.807, 2.05) is 0 Å². The molecule has 0 aromatic carbocycles. The highest BCUT2D eigenvalue weighted by atomic mass is 16.5. The minimum atomic E-state index is -1.15. The number of aliphatic carboxylic acids is 1. The molecule has 20 heavy (non-hydrogen) atoms. The third kappa shape index (κ3) is 2.22. The molecule has 0 unspecified atom stereocenters. The molecule has 0 spiro atoms. The van der Waals surface area contributed by atoms with Crippen LogP contribution in [0, 0.1) is 23.2 Å². The molecular weight excluding hydrogens is 258 g/mol. The van der Waals surface area contributed by atoms with E-state index in [4.69, 9.17) is 15.6 Å². The van der Waals surface area contributed by atoms with E-state index in [0.29, 0.717) is 17.8 Å². The first-order chi connectivity index (χ1) is 9.39. The van der Waals surface area contributed by atoms with Gasteiger partial charge in [0.2, 0.25) is 0 Å². The molecule has 3 N–H and O–H groups in total. The molecule has 2 atom stereocenters. The van der Waals surface area contributed by atoms with Crippen LogP contribution in [0.15, 0.2) is 0 Å². The Morgan fingerprint density at radius 3 is 2.00 bits per heavy atom. The minimum Gasteiger partial charge on any atom is -0.480 e. The lowest BCUT2D eigenvalue weighted by Gasteiger charge is -2.55. The van der Waals surface area contributed by atoms with Crippen LogP contribution in [0.3, 0.4) is 0 Å². The minimum absolute atomic E-state index is 0.208. The summed E-state index contributed by atoms with van der Waals surface area (Å²) in [4.78, 5) is 23.4. The number of ether oxygens (including phenoxy) is 1. The van der Waals surface area contributed by atoms with E-state index in [9.17, 15) is 9.59 Å². The number of carbonyl (C=O) groups is 2. The third-order valence-electron chi connectivity index (χ3n) is 5.56. The molecule has 4 aliphatic carbocycles. The zero-order valence-electron chi connectivity index (χ0n) is 11.9. The number of hydrogen-bond donors (Lipinski definition) is 2. The van der Waals surface area contributed by atoms with Gasteiger partial charge in [0.1, 0.15) is 12.1 Å². The van der Waals surface area contributed by atoms with Crippen LogP contribution >= 0.6 is 0 Å². The van der Waals surface area contributed by atoms with Crippen molar-refractivity contribution in [2.24, 2.45) is 28.9 Å². The maximum Gasteiger partial charge on any atom is 0.324 e. The fraction of sp³-hybridized carbons (Fsp3) is 0.867. The molecule has 112 valence electrons. The topological polar surface area (TPSA) is 89.6 Å². The first kappa shape index (κ1) is 13.9. The van der Waals surface area contributed by atoms with Crippen molar-refractivity contribution >= 4 is 11.9 Å². The smallest absolute Gasteiger partial charge is 0.324 e. The Morgan fingerprint density at radius 1 is 1.15 bits per heavy atom. The average Bonchev–Trinajstić information content (AvgIpc) is 2.35. The predicted octanol–water partition coefficient (Wildman–Crippen LogP) is 1.55. The molecule has 5 heteroatoms. The van der Waals surface area contributed by atoms with Crippen molar-refractivity contribution in [3.05, 3.63) is 0 Å². The largest absolute Gasteiger partial charge is 0.480 e. The Hall–Kier alpha value is -1.10. The van der Waals surface area contributed by atoms with Crippen LogP contribution in [-0.2, 0) is 14.3 Å². The number of carbonyl (C=O) groups excluding carboxylic acids is 1. The van der Waals surface area contributed by atoms with Crippen molar-refractivity contribution < 1.29 is 19.4 Å². The molecule has 0 aliphatic heterocycles. The van der Waals surface area contributed by atoms with Gasteiger partial charge in [0.25, 0.3) is 0 Å². The van der Waals surface area contributed by atoms with Gasteiger partial charge < -0.3 is 15.6 Å². The Kier molecular flexibility index (Phi) is 3.27. The van der Waals surface area contributed by atoms with Crippen LogP contribution in [0.4, 0.5) is 0 Å². The van der Waals surface area contributed by atoms with Crippen molar-refractivity contribution in [3.8, 4) is 0 Å². The van der Waals surface area contributed by atoms with Crippen molar-refractivity contribution in [2.75, 3.05) is 0 Å². The molecule has 4 aliphatic rings. The van der Waals surface area contributed by atoms with Crippen LogP contribution in [-0.4, -0.2) is 29.2 Å². The summed E-state index contributed by atoms with van der Waals surface area (Å²) in [5, 5.41) is 8.88. The number of esters is 1. The standard InChI is InChI=1S/C15H23NO4/c1-8(12(16)13(17)18)20-14(19)15-5-9-2-10(6-15)4-11(3-9)7-15/h8-12H,2-7,16H2,1H3,(H,17,18)/t8-,9?,10?,11?,12+,15?/m1/s1. The highest BCUT2D eigenvalue weighted by Crippen LogP contribution is 2.60. The third-order valence-corrected chi connectivity index (χ3v) is 5.56. The Labute approximate surface area is 118 Å². The summed E-state index contributed by atoms with van der Waals surface area (Å²) < 4.78 is 5.41. The van der Waals surface area contributed by atoms with Gasteiger partial charge >= 0.3 is 11.9 Å². The zero-order valence-corrected chi connectivity index (χ0v) is 11.9. The summed E-state index contributed by atoms with van der Waals surface area (Å²) in [7, 11) is 0. The Balaban J connectivity index is 1.69. The SMILES string of the molecule is C[C@@H](OC(=O)C12CC3CC(CC(C3)C1)C2)[C@H](N)C(=O)O. The quantitative estimate of drug-likeness (QED) is 0.763. The van der Waals surface area contributed by atoms with Crippen LogP contribution in [0.5, 0.6) is 0 Å². The first-order valence-electron chi connectivity index (χ1n) is 7.59. The lowest BCUT2D eigenvalue weighted by atomic mass is 9.49. The van der Waals surface area contributed by atoms with Gasteiger partial charge in [-0.3, -0.25) is 9.59 Å². The molecule has 4 rings (SSSR count). The molecule has 0 saturated heterocycles. The Morgan fingerprint density at radius 2 is 1.60 bits per heavy atom. The maximum absolute atomic E-state index is 12.6. The van der Waals surface area contributed by atoms with Crippen molar-refractivity contribution in [1.29, 1.82) is 0 Å². The summed E-state index contributed by atoms with van der Waals surface area (Å²) in [6.45, 7) is 1.57. The monoisotopic (exact) mass is 281 g/mol. The van der Waals surface area contributed by atoms with Gasteiger partial charge in [0.05, 0.1) is 5.41 Å². The number of rotatable bonds is 4. The second kappa shape index (κ2) is 4.72. The van der Waals surface area contributed by atoms with E-state index in [0.717, 1.165) is 19.3 Å². The van der Waals surface area contributed by atoms with E-state index >= 15 is 0 Å². The van der Waals surface area contributed by atoms with Gasteiger partial charge in [-0.1, -0.05) is 0 Å². The van der Waals surface area contributed by atoms with Gasteiger partial charge in [-0.05, 0) is 63.2 Å². The molecule has 0 amide bonds. The van der Waals surface area contributed by atoms with Crippen LogP contribution in [0.1, 0.15) is 45.4 Å². The highest BCUT2D eigenvalue weighted by molar-refractivity contribution is 5.79. The van der Waals surface area contributed by atoms with Gasteiger partial charge in [0, 0.05) is 0 Å². The molecule has 0 heterocycles. The molecular formula is C15H23NO4. The van der Waals surface area contributed by atoms with Crippen molar-refractivity contribution in [3.63, 3.8) is 0 Å². The average molecular weight is 281 g/mol. The maximum atomic E-state index is 12.6. The van der Waals surface area contributed by atoms with Crippen molar-refractivity contribution in [1.82, 2.24) is 0 Å². The lowest BCUT2D eigenvalue weighted by Crippen LogP contribution is -2.52. The number of carboxylic acids is 1. The van der Waals surface area contributed by atoms with Gasteiger partial charge in [-0.15, -0.1) is 0 Å². The number of hydrogen-bond acceptors (Lipinski definition) is 4. The zero-order chi connectivity index (χ0) is 14.5. The van der Waals surface area contributed by atoms with E-state index in [1.54, 1.807) is 6.92 Å². The van der Waals surface area contributed by atoms with Gasteiger partial charge in [-0.2, -0.15) is 0 Å². The lowest BCUT2D eigenvalue weighted by molar-refractivity contribution is -0.178. The highest BCUT2D eigenvalue weighted by Gasteiger charge is 2.55. The predicted molar refractivity (Wildman–Crippen MR) is 71.8 cm³/mol. The van der Waals surface area contributed by atoms with E-state index in [1.165, 1.54) is 19.3 Å². The number of carboxylic acid groups (broad SMARTS) is 1. The summed E-state index contributed by atoms with van der Waals surface area (Å²) in [5.74, 6) is 0.656. The fourth-order valence-electron chi connectivity index (χ4n) is 4.93. The summed E-state index contributed by atoms with van der Waals surface area (Å²) >= 11 is 0. The van der Waals surface area contributed by atoms with Crippen LogP contribution < -0.4 is 5.73 Å². The fourth-order valence-corrected chi connectivity index (χ4v) is 4.93.